The van der Waals surface area contributed by atoms with E-state index in [1.807, 2.05) is 10.8 Å². The topological polar surface area (TPSA) is 78.0 Å². The SMILES string of the molecule is CN=C(NCc1cc(C#N)ccc1F)NC1CCc2cn(C(C)C)nc2C1.I. The van der Waals surface area contributed by atoms with Crippen LogP contribution in [0.1, 0.15) is 48.7 Å². The summed E-state index contributed by atoms with van der Waals surface area (Å²) in [6, 6.07) is 6.97. The maximum atomic E-state index is 13.9. The standard InChI is InChI=1S/C20H25FN6.HI/c1-13(2)27-12-15-5-6-17(9-19(15)26-27)25-20(23-3)24-11-16-8-14(10-22)4-7-18(16)21;/h4,7-8,12-13,17H,5-6,9,11H2,1-3H3,(H2,23,24,25);1H. The molecule has 0 bridgehead atoms. The molecule has 8 heteroatoms. The Kier molecular flexibility index (Phi) is 7.80. The number of rotatable bonds is 4. The Labute approximate surface area is 182 Å². The summed E-state index contributed by atoms with van der Waals surface area (Å²) < 4.78 is 16.0. The fourth-order valence-corrected chi connectivity index (χ4v) is 3.25. The lowest BCUT2D eigenvalue weighted by Gasteiger charge is -2.24. The molecule has 1 heterocycles. The van der Waals surface area contributed by atoms with Crippen molar-refractivity contribution in [3.05, 3.63) is 52.6 Å². The Morgan fingerprint density at radius 2 is 2.25 bits per heavy atom. The lowest BCUT2D eigenvalue weighted by molar-refractivity contribution is 0.499. The predicted octanol–water partition coefficient (Wildman–Crippen LogP) is 3.32. The summed E-state index contributed by atoms with van der Waals surface area (Å²) in [6.07, 6.45) is 4.97. The average molecular weight is 496 g/mol. The highest BCUT2D eigenvalue weighted by Crippen LogP contribution is 2.21. The Morgan fingerprint density at radius 1 is 1.46 bits per heavy atom. The van der Waals surface area contributed by atoms with E-state index >= 15 is 0 Å². The number of fused-ring (bicyclic) bond motifs is 1. The lowest BCUT2D eigenvalue weighted by atomic mass is 9.94. The van der Waals surface area contributed by atoms with Gasteiger partial charge >= 0.3 is 0 Å². The zero-order chi connectivity index (χ0) is 19.4. The van der Waals surface area contributed by atoms with Gasteiger partial charge in [-0.3, -0.25) is 9.67 Å². The van der Waals surface area contributed by atoms with Gasteiger partial charge in [-0.25, -0.2) is 4.39 Å². The fraction of sp³-hybridized carbons (Fsp3) is 0.450. The molecule has 2 N–H and O–H groups in total. The summed E-state index contributed by atoms with van der Waals surface area (Å²) in [6.45, 7) is 4.52. The molecule has 0 spiro atoms. The van der Waals surface area contributed by atoms with E-state index in [0.717, 1.165) is 25.0 Å². The van der Waals surface area contributed by atoms with Gasteiger partial charge in [0.1, 0.15) is 5.82 Å². The van der Waals surface area contributed by atoms with Crippen molar-refractivity contribution in [1.82, 2.24) is 20.4 Å². The van der Waals surface area contributed by atoms with Gasteiger partial charge < -0.3 is 10.6 Å². The molecule has 0 saturated carbocycles. The molecule has 0 fully saturated rings. The number of hydrogen-bond donors (Lipinski definition) is 2. The van der Waals surface area contributed by atoms with Gasteiger partial charge in [0.2, 0.25) is 0 Å². The van der Waals surface area contributed by atoms with Crippen LogP contribution in [0, 0.1) is 17.1 Å². The fourth-order valence-electron chi connectivity index (χ4n) is 3.25. The Bertz CT molecular complexity index is 883. The maximum Gasteiger partial charge on any atom is 0.191 e. The molecule has 2 aromatic rings. The number of nitrogens with one attached hydrogen (secondary N) is 2. The molecule has 150 valence electrons. The molecule has 28 heavy (non-hydrogen) atoms. The van der Waals surface area contributed by atoms with Crippen molar-refractivity contribution in [2.24, 2.45) is 4.99 Å². The van der Waals surface area contributed by atoms with Crippen LogP contribution >= 0.6 is 24.0 Å². The molecule has 1 aromatic heterocycles. The molecule has 1 aliphatic rings. The van der Waals surface area contributed by atoms with Crippen molar-refractivity contribution in [2.75, 3.05) is 7.05 Å². The first-order valence-electron chi connectivity index (χ1n) is 9.22. The van der Waals surface area contributed by atoms with Crippen molar-refractivity contribution < 1.29 is 4.39 Å². The third-order valence-corrected chi connectivity index (χ3v) is 4.81. The third kappa shape index (κ3) is 5.22. The molecule has 1 aliphatic carbocycles. The quantitative estimate of drug-likeness (QED) is 0.387. The summed E-state index contributed by atoms with van der Waals surface area (Å²) >= 11 is 0. The minimum atomic E-state index is -0.335. The number of hydrogen-bond acceptors (Lipinski definition) is 3. The zero-order valence-corrected chi connectivity index (χ0v) is 18.7. The van der Waals surface area contributed by atoms with Crippen molar-refractivity contribution in [1.29, 1.82) is 5.26 Å². The lowest BCUT2D eigenvalue weighted by Crippen LogP contribution is -2.45. The summed E-state index contributed by atoms with van der Waals surface area (Å²) in [7, 11) is 1.69. The van der Waals surface area contributed by atoms with Gasteiger partial charge in [0, 0.05) is 43.9 Å². The van der Waals surface area contributed by atoms with Gasteiger partial charge in [-0.2, -0.15) is 10.4 Å². The van der Waals surface area contributed by atoms with Crippen LogP contribution in [0.25, 0.3) is 0 Å². The minimum absolute atomic E-state index is 0. The third-order valence-electron chi connectivity index (χ3n) is 4.81. The largest absolute Gasteiger partial charge is 0.353 e. The number of aliphatic imine (C=N–C) groups is 1. The van der Waals surface area contributed by atoms with E-state index in [0.29, 0.717) is 23.1 Å². The number of halogens is 2. The van der Waals surface area contributed by atoms with Gasteiger partial charge in [0.15, 0.2) is 5.96 Å². The Morgan fingerprint density at radius 3 is 2.93 bits per heavy atom. The Hall–Kier alpha value is -2.15. The second-order valence-electron chi connectivity index (χ2n) is 7.10. The summed E-state index contributed by atoms with van der Waals surface area (Å²) in [5.41, 5.74) is 3.34. The van der Waals surface area contributed by atoms with E-state index in [1.165, 1.54) is 17.7 Å². The van der Waals surface area contributed by atoms with Gasteiger partial charge in [-0.05, 0) is 50.5 Å². The Balaban J connectivity index is 0.00000280. The van der Waals surface area contributed by atoms with Gasteiger partial charge in [0.25, 0.3) is 0 Å². The van der Waals surface area contributed by atoms with Crippen LogP contribution in [0.5, 0.6) is 0 Å². The van der Waals surface area contributed by atoms with Crippen LogP contribution in [0.2, 0.25) is 0 Å². The summed E-state index contributed by atoms with van der Waals surface area (Å²) in [5.74, 6) is 0.284. The van der Waals surface area contributed by atoms with Crippen molar-refractivity contribution in [3.63, 3.8) is 0 Å². The second kappa shape index (κ2) is 9.87. The zero-order valence-electron chi connectivity index (χ0n) is 16.4. The summed E-state index contributed by atoms with van der Waals surface area (Å²) in [4.78, 5) is 4.24. The predicted molar refractivity (Wildman–Crippen MR) is 118 cm³/mol. The monoisotopic (exact) mass is 496 g/mol. The molecule has 0 aliphatic heterocycles. The molecule has 0 saturated heterocycles. The molecule has 0 amide bonds. The highest BCUT2D eigenvalue weighted by Gasteiger charge is 2.23. The molecule has 6 nitrogen and oxygen atoms in total. The molecular formula is C20H26FIN6. The highest BCUT2D eigenvalue weighted by molar-refractivity contribution is 14.0. The van der Waals surface area contributed by atoms with Gasteiger partial charge in [0.05, 0.1) is 17.3 Å². The van der Waals surface area contributed by atoms with Crippen LogP contribution in [0.4, 0.5) is 4.39 Å². The van der Waals surface area contributed by atoms with E-state index in [4.69, 9.17) is 10.4 Å². The van der Waals surface area contributed by atoms with E-state index in [9.17, 15) is 4.39 Å². The highest BCUT2D eigenvalue weighted by atomic mass is 127. The van der Waals surface area contributed by atoms with E-state index in [2.05, 4.69) is 35.7 Å². The maximum absolute atomic E-state index is 13.9. The molecular weight excluding hydrogens is 470 g/mol. The van der Waals surface area contributed by atoms with Crippen molar-refractivity contribution in [3.8, 4) is 6.07 Å². The molecule has 3 rings (SSSR count). The molecule has 1 atom stereocenters. The number of benzene rings is 1. The van der Waals surface area contributed by atoms with Gasteiger partial charge in [-0.1, -0.05) is 0 Å². The first-order chi connectivity index (χ1) is 13.0. The number of nitriles is 1. The van der Waals surface area contributed by atoms with Crippen LogP contribution in [0.3, 0.4) is 0 Å². The first-order valence-corrected chi connectivity index (χ1v) is 9.22. The van der Waals surface area contributed by atoms with Crippen LogP contribution in [-0.4, -0.2) is 28.8 Å². The normalized spacial score (nSPS) is 16.1. The first kappa shape index (κ1) is 22.1. The van der Waals surface area contributed by atoms with Crippen molar-refractivity contribution >= 4 is 29.9 Å². The smallest absolute Gasteiger partial charge is 0.191 e. The molecule has 1 aromatic carbocycles. The van der Waals surface area contributed by atoms with E-state index in [-0.39, 0.29) is 42.4 Å². The number of guanidine groups is 1. The van der Waals surface area contributed by atoms with E-state index < -0.39 is 0 Å². The number of aromatic nitrogens is 2. The summed E-state index contributed by atoms with van der Waals surface area (Å²) in [5, 5.41) is 20.2. The number of aryl methyl sites for hydroxylation is 1. The molecule has 0 radical (unpaired) electrons. The minimum Gasteiger partial charge on any atom is -0.353 e. The van der Waals surface area contributed by atoms with E-state index in [1.54, 1.807) is 13.1 Å². The van der Waals surface area contributed by atoms with Crippen LogP contribution in [-0.2, 0) is 19.4 Å². The second-order valence-corrected chi connectivity index (χ2v) is 7.10. The average Bonchev–Trinajstić information content (AvgIpc) is 3.10. The van der Waals surface area contributed by atoms with Gasteiger partial charge in [-0.15, -0.1) is 24.0 Å². The van der Waals surface area contributed by atoms with Crippen LogP contribution in [0.15, 0.2) is 29.4 Å². The molecule has 1 unspecified atom stereocenters. The van der Waals surface area contributed by atoms with Crippen molar-refractivity contribution in [2.45, 2.75) is 51.7 Å². The number of nitrogens with zero attached hydrogens (tertiary/aromatic N) is 4. The van der Waals surface area contributed by atoms with Crippen LogP contribution < -0.4 is 10.6 Å².